The van der Waals surface area contributed by atoms with E-state index in [4.69, 9.17) is 11.6 Å². The summed E-state index contributed by atoms with van der Waals surface area (Å²) in [4.78, 5) is 23.0. The molecular weight excluding hydrogens is 306 g/mol. The minimum atomic E-state index is -0.965. The number of hydrogen-bond acceptors (Lipinski definition) is 6. The molecule has 2 atom stereocenters. The summed E-state index contributed by atoms with van der Waals surface area (Å²) in [6, 6.07) is -0.129. The molecule has 1 heterocycles. The summed E-state index contributed by atoms with van der Waals surface area (Å²) in [5, 5.41) is 6.73. The van der Waals surface area contributed by atoms with Crippen LogP contribution in [-0.2, 0) is 26.9 Å². The first-order valence-electron chi connectivity index (χ1n) is 5.74. The second-order valence-electron chi connectivity index (χ2n) is 4.20. The van der Waals surface area contributed by atoms with Crippen LogP contribution in [0.2, 0.25) is 5.02 Å². The smallest absolute Gasteiger partial charge is 0.327 e. The number of anilines is 1. The zero-order chi connectivity index (χ0) is 15.3. The second kappa shape index (κ2) is 7.39. The maximum absolute atomic E-state index is 11.9. The Labute approximate surface area is 123 Å². The van der Waals surface area contributed by atoms with Crippen molar-refractivity contribution in [1.82, 2.24) is 9.78 Å². The van der Waals surface area contributed by atoms with Crippen molar-refractivity contribution in [1.29, 1.82) is 0 Å². The van der Waals surface area contributed by atoms with E-state index in [0.29, 0.717) is 11.4 Å². The summed E-state index contributed by atoms with van der Waals surface area (Å²) in [7, 11) is 0.254. The highest BCUT2D eigenvalue weighted by atomic mass is 35.5. The molecule has 20 heavy (non-hydrogen) atoms. The molecule has 0 spiro atoms. The molecule has 0 aliphatic rings. The van der Waals surface area contributed by atoms with Gasteiger partial charge in [0.2, 0.25) is 0 Å². The number of esters is 1. The maximum atomic E-state index is 11.9. The Morgan fingerprint density at radius 1 is 1.65 bits per heavy atom. The molecule has 2 unspecified atom stereocenters. The summed E-state index contributed by atoms with van der Waals surface area (Å²) in [5.41, 5.74) is -0.248. The average Bonchev–Trinajstić information content (AvgIpc) is 2.37. The predicted octanol–water partition coefficient (Wildman–Crippen LogP) is 0.249. The number of methoxy groups -OCH3 is 1. The van der Waals surface area contributed by atoms with E-state index >= 15 is 0 Å². The number of halogens is 1. The molecule has 7 nitrogen and oxygen atoms in total. The van der Waals surface area contributed by atoms with Gasteiger partial charge in [-0.1, -0.05) is 11.6 Å². The van der Waals surface area contributed by atoms with Crippen LogP contribution in [0.15, 0.2) is 11.0 Å². The van der Waals surface area contributed by atoms with Crippen molar-refractivity contribution >= 4 is 34.1 Å². The largest absolute Gasteiger partial charge is 0.468 e. The van der Waals surface area contributed by atoms with Gasteiger partial charge in [-0.3, -0.25) is 13.8 Å². The molecule has 0 saturated carbocycles. The molecule has 0 bridgehead atoms. The predicted molar refractivity (Wildman–Crippen MR) is 77.5 cm³/mol. The Balaban J connectivity index is 2.91. The molecule has 0 aliphatic carbocycles. The van der Waals surface area contributed by atoms with Crippen LogP contribution in [0, 0.1) is 0 Å². The van der Waals surface area contributed by atoms with Crippen molar-refractivity contribution in [3.63, 3.8) is 0 Å². The molecule has 0 aliphatic heterocycles. The van der Waals surface area contributed by atoms with Crippen molar-refractivity contribution in [3.8, 4) is 0 Å². The zero-order valence-corrected chi connectivity index (χ0v) is 13.0. The molecule has 9 heteroatoms. The molecule has 0 amide bonds. The third-order valence-electron chi connectivity index (χ3n) is 2.38. The summed E-state index contributed by atoms with van der Waals surface area (Å²) < 4.78 is 16.5. The van der Waals surface area contributed by atoms with Gasteiger partial charge in [-0.05, 0) is 6.92 Å². The molecule has 1 N–H and O–H groups in total. The highest BCUT2D eigenvalue weighted by Gasteiger charge is 2.14. The number of nitrogens with one attached hydrogen (secondary N) is 1. The van der Waals surface area contributed by atoms with Gasteiger partial charge in [-0.15, -0.1) is 0 Å². The quantitative estimate of drug-likeness (QED) is 0.755. The number of carbonyl (C=O) groups excluding carboxylic acids is 1. The van der Waals surface area contributed by atoms with Gasteiger partial charge in [0.15, 0.2) is 0 Å². The number of carbonyl (C=O) groups is 1. The molecule has 0 saturated heterocycles. The summed E-state index contributed by atoms with van der Waals surface area (Å²) in [6.07, 6.45) is 2.94. The number of aromatic nitrogens is 2. The Morgan fingerprint density at radius 2 is 2.30 bits per heavy atom. The third kappa shape index (κ3) is 4.61. The zero-order valence-electron chi connectivity index (χ0n) is 11.4. The highest BCUT2D eigenvalue weighted by Crippen LogP contribution is 2.16. The van der Waals surface area contributed by atoms with E-state index < -0.39 is 22.3 Å². The van der Waals surface area contributed by atoms with Crippen LogP contribution >= 0.6 is 11.6 Å². The number of ether oxygens (including phenoxy) is 1. The summed E-state index contributed by atoms with van der Waals surface area (Å²) >= 11 is 5.94. The molecule has 112 valence electrons. The van der Waals surface area contributed by atoms with Gasteiger partial charge in [-0.2, -0.15) is 5.10 Å². The van der Waals surface area contributed by atoms with E-state index in [1.54, 1.807) is 6.26 Å². The van der Waals surface area contributed by atoms with Crippen LogP contribution in [-0.4, -0.2) is 45.1 Å². The van der Waals surface area contributed by atoms with E-state index in [0.717, 1.165) is 4.68 Å². The van der Waals surface area contributed by atoms with Gasteiger partial charge in [0.05, 0.1) is 19.0 Å². The standard InChI is InChI=1S/C11H16ClN3O4S/c1-7(6-20(3)18)14-8-4-13-15(5-9(16)19-2)11(17)10(8)12/h4,7,14H,5-6H2,1-3H3. The van der Waals surface area contributed by atoms with Crippen molar-refractivity contribution in [2.75, 3.05) is 24.4 Å². The fourth-order valence-corrected chi connectivity index (χ4v) is 2.51. The normalized spacial score (nSPS) is 13.6. The van der Waals surface area contributed by atoms with Crippen molar-refractivity contribution in [2.45, 2.75) is 19.5 Å². The SMILES string of the molecule is COC(=O)Cn1ncc(NC(C)CS(C)=O)c(Cl)c1=O. The molecule has 0 aromatic carbocycles. The monoisotopic (exact) mass is 321 g/mol. The molecule has 1 aromatic rings. The molecule has 0 radical (unpaired) electrons. The Morgan fingerprint density at radius 3 is 2.85 bits per heavy atom. The van der Waals surface area contributed by atoms with Crippen molar-refractivity contribution in [3.05, 3.63) is 21.6 Å². The van der Waals surface area contributed by atoms with E-state index in [-0.39, 0.29) is 17.6 Å². The minimum absolute atomic E-state index is 0.0716. The van der Waals surface area contributed by atoms with Gasteiger partial charge in [0, 0.05) is 28.9 Å². The first kappa shape index (κ1) is 16.6. The number of hydrogen-bond donors (Lipinski definition) is 1. The Bertz CT molecular complexity index is 575. The van der Waals surface area contributed by atoms with Crippen LogP contribution in [0.1, 0.15) is 6.92 Å². The Kier molecular flexibility index (Phi) is 6.15. The number of rotatable bonds is 6. The van der Waals surface area contributed by atoms with Gasteiger partial charge in [0.25, 0.3) is 5.56 Å². The van der Waals surface area contributed by atoms with Crippen LogP contribution in [0.25, 0.3) is 0 Å². The minimum Gasteiger partial charge on any atom is -0.468 e. The first-order valence-corrected chi connectivity index (χ1v) is 7.84. The van der Waals surface area contributed by atoms with Gasteiger partial charge < -0.3 is 10.1 Å². The topological polar surface area (TPSA) is 90.3 Å². The molecule has 1 rings (SSSR count). The van der Waals surface area contributed by atoms with E-state index in [1.807, 2.05) is 6.92 Å². The van der Waals surface area contributed by atoms with Crippen LogP contribution in [0.4, 0.5) is 5.69 Å². The molecular formula is C11H16ClN3O4S. The van der Waals surface area contributed by atoms with Crippen molar-refractivity contribution in [2.24, 2.45) is 0 Å². The molecule has 0 fully saturated rings. The van der Waals surface area contributed by atoms with Crippen LogP contribution < -0.4 is 10.9 Å². The van der Waals surface area contributed by atoms with Crippen LogP contribution in [0.3, 0.4) is 0 Å². The third-order valence-corrected chi connectivity index (χ3v) is 3.71. The summed E-state index contributed by atoms with van der Waals surface area (Å²) in [6.45, 7) is 1.52. The lowest BCUT2D eigenvalue weighted by atomic mass is 10.3. The van der Waals surface area contributed by atoms with E-state index in [9.17, 15) is 13.8 Å². The first-order chi connectivity index (χ1) is 9.35. The molecule has 1 aromatic heterocycles. The lowest BCUT2D eigenvalue weighted by Gasteiger charge is -2.15. The van der Waals surface area contributed by atoms with Crippen LogP contribution in [0.5, 0.6) is 0 Å². The summed E-state index contributed by atoms with van der Waals surface area (Å²) in [5.74, 6) is -0.173. The lowest BCUT2D eigenvalue weighted by molar-refractivity contribution is -0.141. The van der Waals surface area contributed by atoms with Gasteiger partial charge in [-0.25, -0.2) is 4.68 Å². The van der Waals surface area contributed by atoms with E-state index in [2.05, 4.69) is 15.2 Å². The highest BCUT2D eigenvalue weighted by molar-refractivity contribution is 7.84. The fourth-order valence-electron chi connectivity index (χ4n) is 1.52. The second-order valence-corrected chi connectivity index (χ2v) is 6.05. The van der Waals surface area contributed by atoms with Crippen molar-refractivity contribution < 1.29 is 13.7 Å². The average molecular weight is 322 g/mol. The van der Waals surface area contributed by atoms with E-state index in [1.165, 1.54) is 13.3 Å². The fraction of sp³-hybridized carbons (Fsp3) is 0.545. The number of nitrogens with zero attached hydrogens (tertiary/aromatic N) is 2. The lowest BCUT2D eigenvalue weighted by Crippen LogP contribution is -2.30. The van der Waals surface area contributed by atoms with Gasteiger partial charge >= 0.3 is 5.97 Å². The van der Waals surface area contributed by atoms with Gasteiger partial charge in [0.1, 0.15) is 11.6 Å². The Hall–Kier alpha value is -1.41. The maximum Gasteiger partial charge on any atom is 0.327 e.